The number of hydrogen-bond acceptors (Lipinski definition) is 4. The molecule has 1 heterocycles. The predicted molar refractivity (Wildman–Crippen MR) is 116 cm³/mol. The zero-order chi connectivity index (χ0) is 21.1. The fourth-order valence-electron chi connectivity index (χ4n) is 3.82. The maximum atomic E-state index is 13.3. The van der Waals surface area contributed by atoms with E-state index in [9.17, 15) is 13.2 Å². The Hall–Kier alpha value is -2.80. The van der Waals surface area contributed by atoms with Crippen LogP contribution in [-0.4, -0.2) is 33.5 Å². The maximum absolute atomic E-state index is 13.3. The van der Waals surface area contributed by atoms with E-state index < -0.39 is 16.1 Å². The standard InChI is InChI=1S/C23H26N2O4S/c1-17-12-13-20-21(14-17)29-22(23(26)24-15-18-8-4-2-5-9-18)16-25(20)30(27,28)19-10-6-3-7-11-19/h3,6-8,10-14,22H,2,4-5,9,15-16H2,1H3,(H,24,26)/t22-/m0/s1. The summed E-state index contributed by atoms with van der Waals surface area (Å²) in [6.45, 7) is 2.31. The summed E-state index contributed by atoms with van der Waals surface area (Å²) < 4.78 is 33.9. The number of carbonyl (C=O) groups excluding carboxylic acids is 1. The molecule has 7 heteroatoms. The Labute approximate surface area is 177 Å². The molecule has 0 bridgehead atoms. The Morgan fingerprint density at radius 1 is 1.17 bits per heavy atom. The fraction of sp³-hybridized carbons (Fsp3) is 0.348. The highest BCUT2D eigenvalue weighted by atomic mass is 32.2. The minimum atomic E-state index is -3.83. The molecule has 1 N–H and O–H groups in total. The lowest BCUT2D eigenvalue weighted by atomic mass is 10.00. The van der Waals surface area contributed by atoms with E-state index in [2.05, 4.69) is 11.4 Å². The number of benzene rings is 2. The molecule has 0 radical (unpaired) electrons. The molecule has 2 aromatic carbocycles. The molecule has 1 aliphatic carbocycles. The molecule has 30 heavy (non-hydrogen) atoms. The lowest BCUT2D eigenvalue weighted by Gasteiger charge is -2.35. The highest BCUT2D eigenvalue weighted by Gasteiger charge is 2.37. The topological polar surface area (TPSA) is 75.7 Å². The van der Waals surface area contributed by atoms with Gasteiger partial charge in [-0.15, -0.1) is 0 Å². The van der Waals surface area contributed by atoms with Crippen molar-refractivity contribution < 1.29 is 17.9 Å². The molecule has 158 valence electrons. The second kappa shape index (κ2) is 8.52. The smallest absolute Gasteiger partial charge is 0.264 e. The first-order chi connectivity index (χ1) is 14.4. The Morgan fingerprint density at radius 3 is 2.70 bits per heavy atom. The molecule has 1 atom stereocenters. The van der Waals surface area contributed by atoms with E-state index in [1.165, 1.54) is 16.3 Å². The van der Waals surface area contributed by atoms with Gasteiger partial charge in [-0.3, -0.25) is 9.10 Å². The van der Waals surface area contributed by atoms with Crippen LogP contribution < -0.4 is 14.4 Å². The zero-order valence-corrected chi connectivity index (χ0v) is 17.8. The summed E-state index contributed by atoms with van der Waals surface area (Å²) in [6, 6.07) is 13.6. The van der Waals surface area contributed by atoms with Gasteiger partial charge in [-0.1, -0.05) is 35.9 Å². The van der Waals surface area contributed by atoms with Crippen molar-refractivity contribution in [2.45, 2.75) is 43.6 Å². The van der Waals surface area contributed by atoms with Crippen molar-refractivity contribution in [3.63, 3.8) is 0 Å². The van der Waals surface area contributed by atoms with Crippen molar-refractivity contribution in [2.75, 3.05) is 17.4 Å². The number of amides is 1. The Kier molecular flexibility index (Phi) is 5.81. The monoisotopic (exact) mass is 426 g/mol. The van der Waals surface area contributed by atoms with Gasteiger partial charge in [0.1, 0.15) is 5.75 Å². The van der Waals surface area contributed by atoms with Crippen LogP contribution in [0.1, 0.15) is 31.2 Å². The Morgan fingerprint density at radius 2 is 1.97 bits per heavy atom. The number of aryl methyl sites for hydroxylation is 1. The second-order valence-electron chi connectivity index (χ2n) is 7.75. The quantitative estimate of drug-likeness (QED) is 0.742. The van der Waals surface area contributed by atoms with Crippen LogP contribution in [0.3, 0.4) is 0 Å². The first-order valence-corrected chi connectivity index (χ1v) is 11.7. The van der Waals surface area contributed by atoms with Crippen molar-refractivity contribution in [2.24, 2.45) is 0 Å². The average Bonchev–Trinajstić information content (AvgIpc) is 2.77. The third-order valence-electron chi connectivity index (χ3n) is 5.48. The number of fused-ring (bicyclic) bond motifs is 1. The molecule has 0 unspecified atom stereocenters. The number of sulfonamides is 1. The van der Waals surface area contributed by atoms with Crippen LogP contribution in [-0.2, 0) is 14.8 Å². The number of carbonyl (C=O) groups is 1. The molecular weight excluding hydrogens is 400 g/mol. The van der Waals surface area contributed by atoms with E-state index in [1.807, 2.05) is 13.0 Å². The van der Waals surface area contributed by atoms with Crippen molar-refractivity contribution >= 4 is 21.6 Å². The van der Waals surface area contributed by atoms with Gasteiger partial charge >= 0.3 is 0 Å². The molecule has 2 aliphatic rings. The number of allylic oxidation sites excluding steroid dienone is 1. The van der Waals surface area contributed by atoms with Crippen LogP contribution in [0.2, 0.25) is 0 Å². The van der Waals surface area contributed by atoms with Crippen LogP contribution in [0, 0.1) is 6.92 Å². The summed E-state index contributed by atoms with van der Waals surface area (Å²) in [7, 11) is -3.83. The van der Waals surface area contributed by atoms with Crippen LogP contribution in [0.4, 0.5) is 5.69 Å². The van der Waals surface area contributed by atoms with E-state index >= 15 is 0 Å². The summed E-state index contributed by atoms with van der Waals surface area (Å²) in [5.41, 5.74) is 2.60. The van der Waals surface area contributed by atoms with Gasteiger partial charge in [0.05, 0.1) is 17.1 Å². The van der Waals surface area contributed by atoms with Gasteiger partial charge in [0.15, 0.2) is 6.10 Å². The summed E-state index contributed by atoms with van der Waals surface area (Å²) in [5, 5.41) is 2.93. The molecule has 2 aromatic rings. The lowest BCUT2D eigenvalue weighted by molar-refractivity contribution is -0.127. The largest absolute Gasteiger partial charge is 0.476 e. The van der Waals surface area contributed by atoms with E-state index in [-0.39, 0.29) is 17.3 Å². The number of ether oxygens (including phenoxy) is 1. The molecule has 0 saturated carbocycles. The van der Waals surface area contributed by atoms with Crippen LogP contribution in [0.25, 0.3) is 0 Å². The van der Waals surface area contributed by atoms with Gasteiger partial charge in [0, 0.05) is 6.54 Å². The minimum absolute atomic E-state index is 0.0713. The van der Waals surface area contributed by atoms with Crippen molar-refractivity contribution in [1.82, 2.24) is 5.32 Å². The number of anilines is 1. The third kappa shape index (κ3) is 4.21. The summed E-state index contributed by atoms with van der Waals surface area (Å²) >= 11 is 0. The summed E-state index contributed by atoms with van der Waals surface area (Å²) in [4.78, 5) is 13.0. The van der Waals surface area contributed by atoms with Crippen molar-refractivity contribution in [3.05, 3.63) is 65.7 Å². The van der Waals surface area contributed by atoms with E-state index in [0.717, 1.165) is 24.8 Å². The lowest BCUT2D eigenvalue weighted by Crippen LogP contribution is -2.51. The summed E-state index contributed by atoms with van der Waals surface area (Å²) in [6.07, 6.45) is 5.62. The molecule has 0 fully saturated rings. The number of nitrogens with zero attached hydrogens (tertiary/aromatic N) is 1. The highest BCUT2D eigenvalue weighted by Crippen LogP contribution is 2.37. The van der Waals surface area contributed by atoms with E-state index in [0.29, 0.717) is 18.0 Å². The van der Waals surface area contributed by atoms with Crippen LogP contribution >= 0.6 is 0 Å². The van der Waals surface area contributed by atoms with Gasteiger partial charge < -0.3 is 10.1 Å². The SMILES string of the molecule is Cc1ccc2c(c1)O[C@H](C(=O)NCC1=CCCCC1)CN2S(=O)(=O)c1ccccc1. The Balaban J connectivity index is 1.60. The molecule has 4 rings (SSSR count). The zero-order valence-electron chi connectivity index (χ0n) is 17.0. The number of rotatable bonds is 5. The van der Waals surface area contributed by atoms with Crippen molar-refractivity contribution in [1.29, 1.82) is 0 Å². The van der Waals surface area contributed by atoms with Gasteiger partial charge in [0.25, 0.3) is 15.9 Å². The maximum Gasteiger partial charge on any atom is 0.264 e. The molecule has 1 amide bonds. The minimum Gasteiger partial charge on any atom is -0.476 e. The van der Waals surface area contributed by atoms with E-state index in [4.69, 9.17) is 4.74 Å². The molecule has 0 spiro atoms. The fourth-order valence-corrected chi connectivity index (χ4v) is 5.32. The van der Waals surface area contributed by atoms with Gasteiger partial charge in [0.2, 0.25) is 0 Å². The normalized spacial score (nSPS) is 18.8. The van der Waals surface area contributed by atoms with Gasteiger partial charge in [-0.05, 0) is 62.4 Å². The van der Waals surface area contributed by atoms with Gasteiger partial charge in [-0.2, -0.15) is 0 Å². The average molecular weight is 427 g/mol. The van der Waals surface area contributed by atoms with E-state index in [1.54, 1.807) is 42.5 Å². The number of hydrogen-bond donors (Lipinski definition) is 1. The molecular formula is C23H26N2O4S. The highest BCUT2D eigenvalue weighted by molar-refractivity contribution is 7.92. The molecule has 6 nitrogen and oxygen atoms in total. The predicted octanol–water partition coefficient (Wildman–Crippen LogP) is 3.57. The molecule has 1 aliphatic heterocycles. The first kappa shape index (κ1) is 20.5. The molecule has 0 saturated heterocycles. The number of nitrogens with one attached hydrogen (secondary N) is 1. The first-order valence-electron chi connectivity index (χ1n) is 10.3. The third-order valence-corrected chi connectivity index (χ3v) is 7.28. The van der Waals surface area contributed by atoms with Crippen LogP contribution in [0.5, 0.6) is 5.75 Å². The summed E-state index contributed by atoms with van der Waals surface area (Å²) in [5.74, 6) is 0.0969. The Bertz CT molecular complexity index is 1060. The second-order valence-corrected chi connectivity index (χ2v) is 9.62. The van der Waals surface area contributed by atoms with Gasteiger partial charge in [-0.25, -0.2) is 8.42 Å². The van der Waals surface area contributed by atoms with Crippen molar-refractivity contribution in [3.8, 4) is 5.75 Å². The molecule has 0 aromatic heterocycles. The van der Waals surface area contributed by atoms with Crippen LogP contribution in [0.15, 0.2) is 65.1 Å².